The number of hydrogen-bond acceptors (Lipinski definition) is 1. The fourth-order valence-corrected chi connectivity index (χ4v) is 1.60. The summed E-state index contributed by atoms with van der Waals surface area (Å²) in [7, 11) is 0. The first-order valence-electron chi connectivity index (χ1n) is 5.81. The van der Waals surface area contributed by atoms with Crippen LogP contribution in [0.5, 0.6) is 0 Å². The Bertz CT molecular complexity index is 370. The van der Waals surface area contributed by atoms with E-state index in [9.17, 15) is 4.79 Å². The molecule has 2 heteroatoms. The second-order valence-corrected chi connectivity index (χ2v) is 3.88. The van der Waals surface area contributed by atoms with Gasteiger partial charge in [0.15, 0.2) is 0 Å². The summed E-state index contributed by atoms with van der Waals surface area (Å²) >= 11 is 0. The van der Waals surface area contributed by atoms with E-state index in [1.54, 1.807) is 12.2 Å². The summed E-state index contributed by atoms with van der Waals surface area (Å²) in [6, 6.07) is 9.99. The number of carbonyl (C=O) groups is 1. The average Bonchev–Trinajstić information content (AvgIpc) is 2.36. The van der Waals surface area contributed by atoms with Gasteiger partial charge in [0.05, 0.1) is 0 Å². The topological polar surface area (TPSA) is 20.3 Å². The van der Waals surface area contributed by atoms with Crippen molar-refractivity contribution in [2.75, 3.05) is 6.54 Å². The van der Waals surface area contributed by atoms with Gasteiger partial charge in [0.25, 0.3) is 0 Å². The van der Waals surface area contributed by atoms with Crippen LogP contribution in [0.25, 0.3) is 0 Å². The molecule has 0 saturated carbocycles. The SMILES string of the molecule is C=CCCC(=O)N(CC=C)Cc1ccccc1. The molecule has 0 bridgehead atoms. The minimum atomic E-state index is 0.147. The van der Waals surface area contributed by atoms with Crippen LogP contribution in [0.15, 0.2) is 55.6 Å². The fraction of sp³-hybridized carbons (Fsp3) is 0.267. The first kappa shape index (κ1) is 13.2. The molecule has 0 saturated heterocycles. The van der Waals surface area contributed by atoms with Crippen molar-refractivity contribution in [1.82, 2.24) is 4.90 Å². The zero-order valence-electron chi connectivity index (χ0n) is 10.1. The van der Waals surface area contributed by atoms with Crippen LogP contribution in [-0.2, 0) is 11.3 Å². The van der Waals surface area contributed by atoms with E-state index in [0.717, 1.165) is 12.0 Å². The number of carbonyl (C=O) groups excluding carboxylic acids is 1. The van der Waals surface area contributed by atoms with E-state index in [2.05, 4.69) is 13.2 Å². The molecule has 0 fully saturated rings. The lowest BCUT2D eigenvalue weighted by atomic mass is 10.2. The monoisotopic (exact) mass is 229 g/mol. The maximum absolute atomic E-state index is 11.9. The van der Waals surface area contributed by atoms with Crippen molar-refractivity contribution in [3.05, 3.63) is 61.2 Å². The third-order valence-corrected chi connectivity index (χ3v) is 2.48. The van der Waals surface area contributed by atoms with E-state index in [0.29, 0.717) is 19.5 Å². The number of nitrogens with zero attached hydrogens (tertiary/aromatic N) is 1. The van der Waals surface area contributed by atoms with Crippen molar-refractivity contribution in [1.29, 1.82) is 0 Å². The molecule has 1 aromatic carbocycles. The minimum absolute atomic E-state index is 0.147. The summed E-state index contributed by atoms with van der Waals surface area (Å²) in [5.74, 6) is 0.147. The van der Waals surface area contributed by atoms with Gasteiger partial charge < -0.3 is 4.90 Å². The number of benzene rings is 1. The van der Waals surface area contributed by atoms with Gasteiger partial charge in [-0.1, -0.05) is 42.5 Å². The molecule has 0 aliphatic heterocycles. The van der Waals surface area contributed by atoms with Crippen molar-refractivity contribution in [3.8, 4) is 0 Å². The smallest absolute Gasteiger partial charge is 0.223 e. The van der Waals surface area contributed by atoms with Crippen LogP contribution in [0.3, 0.4) is 0 Å². The van der Waals surface area contributed by atoms with Crippen molar-refractivity contribution in [2.45, 2.75) is 19.4 Å². The molecule has 0 radical (unpaired) electrons. The molecule has 1 aromatic rings. The Balaban J connectivity index is 2.62. The minimum Gasteiger partial charge on any atom is -0.335 e. The normalized spacial score (nSPS) is 9.65. The van der Waals surface area contributed by atoms with Crippen molar-refractivity contribution in [3.63, 3.8) is 0 Å². The molecule has 0 aromatic heterocycles. The Morgan fingerprint density at radius 1 is 1.18 bits per heavy atom. The van der Waals surface area contributed by atoms with Crippen LogP contribution >= 0.6 is 0 Å². The number of amides is 1. The maximum atomic E-state index is 11.9. The molecule has 0 N–H and O–H groups in total. The summed E-state index contributed by atoms with van der Waals surface area (Å²) in [6.07, 6.45) is 4.77. The summed E-state index contributed by atoms with van der Waals surface area (Å²) in [4.78, 5) is 13.7. The van der Waals surface area contributed by atoms with Crippen LogP contribution in [0.2, 0.25) is 0 Å². The van der Waals surface area contributed by atoms with Gasteiger partial charge in [0.1, 0.15) is 0 Å². The highest BCUT2D eigenvalue weighted by atomic mass is 16.2. The van der Waals surface area contributed by atoms with Crippen molar-refractivity contribution in [2.24, 2.45) is 0 Å². The lowest BCUT2D eigenvalue weighted by Crippen LogP contribution is -2.30. The zero-order valence-corrected chi connectivity index (χ0v) is 10.1. The summed E-state index contributed by atoms with van der Waals surface area (Å²) in [5, 5.41) is 0. The summed E-state index contributed by atoms with van der Waals surface area (Å²) in [5.41, 5.74) is 1.14. The third kappa shape index (κ3) is 4.68. The van der Waals surface area contributed by atoms with Gasteiger partial charge in [0.2, 0.25) is 5.91 Å². The summed E-state index contributed by atoms with van der Waals surface area (Å²) in [6.45, 7) is 8.55. The molecule has 17 heavy (non-hydrogen) atoms. The van der Waals surface area contributed by atoms with E-state index in [1.165, 1.54) is 0 Å². The number of rotatable bonds is 7. The van der Waals surface area contributed by atoms with E-state index in [-0.39, 0.29) is 5.91 Å². The van der Waals surface area contributed by atoms with Crippen molar-refractivity contribution >= 4 is 5.91 Å². The van der Waals surface area contributed by atoms with Gasteiger partial charge in [-0.2, -0.15) is 0 Å². The van der Waals surface area contributed by atoms with Crippen molar-refractivity contribution < 1.29 is 4.79 Å². The quantitative estimate of drug-likeness (QED) is 0.658. The lowest BCUT2D eigenvalue weighted by molar-refractivity contribution is -0.131. The Hall–Kier alpha value is -1.83. The Morgan fingerprint density at radius 3 is 2.47 bits per heavy atom. The van der Waals surface area contributed by atoms with Gasteiger partial charge in [-0.3, -0.25) is 4.79 Å². The molecule has 0 atom stereocenters. The lowest BCUT2D eigenvalue weighted by Gasteiger charge is -2.21. The molecule has 90 valence electrons. The molecule has 1 rings (SSSR count). The number of allylic oxidation sites excluding steroid dienone is 1. The molecule has 0 aliphatic carbocycles. The van der Waals surface area contributed by atoms with Gasteiger partial charge in [-0.15, -0.1) is 13.2 Å². The maximum Gasteiger partial charge on any atom is 0.223 e. The van der Waals surface area contributed by atoms with E-state index < -0.39 is 0 Å². The molecule has 1 amide bonds. The predicted molar refractivity (Wildman–Crippen MR) is 71.5 cm³/mol. The second kappa shape index (κ2) is 7.44. The molecular formula is C15H19NO. The highest BCUT2D eigenvalue weighted by Crippen LogP contribution is 2.07. The largest absolute Gasteiger partial charge is 0.335 e. The molecule has 0 aliphatic rings. The fourth-order valence-electron chi connectivity index (χ4n) is 1.60. The van der Waals surface area contributed by atoms with E-state index >= 15 is 0 Å². The van der Waals surface area contributed by atoms with Crippen LogP contribution < -0.4 is 0 Å². The third-order valence-electron chi connectivity index (χ3n) is 2.48. The second-order valence-electron chi connectivity index (χ2n) is 3.88. The standard InChI is InChI=1S/C15H19NO/c1-3-5-11-15(17)16(12-4-2)13-14-9-7-6-8-10-14/h3-4,6-10H,1-2,5,11-13H2. The molecule has 2 nitrogen and oxygen atoms in total. The van der Waals surface area contributed by atoms with E-state index in [4.69, 9.17) is 0 Å². The predicted octanol–water partition coefficient (Wildman–Crippen LogP) is 3.17. The molecule has 0 heterocycles. The van der Waals surface area contributed by atoms with E-state index in [1.807, 2.05) is 35.2 Å². The summed E-state index contributed by atoms with van der Waals surface area (Å²) < 4.78 is 0. The highest BCUT2D eigenvalue weighted by molar-refractivity contribution is 5.76. The van der Waals surface area contributed by atoms with Gasteiger partial charge in [0, 0.05) is 19.5 Å². The Labute approximate surface area is 103 Å². The first-order chi connectivity index (χ1) is 8.27. The van der Waals surface area contributed by atoms with Gasteiger partial charge >= 0.3 is 0 Å². The van der Waals surface area contributed by atoms with Crippen LogP contribution in [0.1, 0.15) is 18.4 Å². The Morgan fingerprint density at radius 2 is 1.88 bits per heavy atom. The average molecular weight is 229 g/mol. The highest BCUT2D eigenvalue weighted by Gasteiger charge is 2.11. The van der Waals surface area contributed by atoms with Crippen LogP contribution in [0, 0.1) is 0 Å². The van der Waals surface area contributed by atoms with Gasteiger partial charge in [-0.25, -0.2) is 0 Å². The number of hydrogen-bond donors (Lipinski definition) is 0. The molecular weight excluding hydrogens is 210 g/mol. The van der Waals surface area contributed by atoms with Crippen LogP contribution in [0.4, 0.5) is 0 Å². The first-order valence-corrected chi connectivity index (χ1v) is 5.81. The zero-order chi connectivity index (χ0) is 12.5. The van der Waals surface area contributed by atoms with Crippen LogP contribution in [-0.4, -0.2) is 17.4 Å². The van der Waals surface area contributed by atoms with Gasteiger partial charge in [-0.05, 0) is 12.0 Å². The molecule has 0 unspecified atom stereocenters. The Kier molecular flexibility index (Phi) is 5.80. The molecule has 0 spiro atoms.